The number of rotatable bonds is 3. The van der Waals surface area contributed by atoms with E-state index in [0.717, 1.165) is 29.1 Å². The van der Waals surface area contributed by atoms with Crippen LogP contribution in [0, 0.1) is 0 Å². The SMILES string of the molecule is O=C(NCc1cn2cc(Cl)ccc2n1)c1ccc2c(c1)CCO2. The molecule has 1 amide bonds. The zero-order chi connectivity index (χ0) is 15.8. The highest BCUT2D eigenvalue weighted by atomic mass is 35.5. The van der Waals surface area contributed by atoms with Crippen LogP contribution in [0.5, 0.6) is 5.75 Å². The lowest BCUT2D eigenvalue weighted by Gasteiger charge is -2.05. The number of fused-ring (bicyclic) bond motifs is 2. The Hall–Kier alpha value is -2.53. The summed E-state index contributed by atoms with van der Waals surface area (Å²) in [7, 11) is 0. The van der Waals surface area contributed by atoms with E-state index >= 15 is 0 Å². The van der Waals surface area contributed by atoms with Crippen LogP contribution in [0.2, 0.25) is 5.02 Å². The molecule has 6 heteroatoms. The number of carbonyl (C=O) groups excluding carboxylic acids is 1. The highest BCUT2D eigenvalue weighted by molar-refractivity contribution is 6.30. The van der Waals surface area contributed by atoms with E-state index in [9.17, 15) is 4.79 Å². The number of nitrogens with zero attached hydrogens (tertiary/aromatic N) is 2. The van der Waals surface area contributed by atoms with E-state index in [4.69, 9.17) is 16.3 Å². The minimum atomic E-state index is -0.116. The lowest BCUT2D eigenvalue weighted by molar-refractivity contribution is 0.0950. The molecule has 5 nitrogen and oxygen atoms in total. The molecule has 1 aromatic carbocycles. The summed E-state index contributed by atoms with van der Waals surface area (Å²) in [6.45, 7) is 1.05. The van der Waals surface area contributed by atoms with Crippen molar-refractivity contribution in [3.8, 4) is 5.75 Å². The normalized spacial score (nSPS) is 12.9. The number of amides is 1. The van der Waals surface area contributed by atoms with Crippen LogP contribution in [0.1, 0.15) is 21.6 Å². The van der Waals surface area contributed by atoms with E-state index in [-0.39, 0.29) is 5.91 Å². The Labute approximate surface area is 137 Å². The topological polar surface area (TPSA) is 55.6 Å². The van der Waals surface area contributed by atoms with E-state index in [1.807, 2.05) is 28.8 Å². The van der Waals surface area contributed by atoms with Crippen molar-refractivity contribution in [2.75, 3.05) is 6.61 Å². The van der Waals surface area contributed by atoms with Crippen molar-refractivity contribution in [2.45, 2.75) is 13.0 Å². The van der Waals surface area contributed by atoms with Gasteiger partial charge in [0.25, 0.3) is 5.91 Å². The van der Waals surface area contributed by atoms with Gasteiger partial charge in [-0.25, -0.2) is 4.98 Å². The molecular weight excluding hydrogens is 314 g/mol. The quantitative estimate of drug-likeness (QED) is 0.804. The highest BCUT2D eigenvalue weighted by Crippen LogP contribution is 2.25. The Kier molecular flexibility index (Phi) is 3.42. The van der Waals surface area contributed by atoms with Gasteiger partial charge in [0.1, 0.15) is 11.4 Å². The first kappa shape index (κ1) is 14.1. The summed E-state index contributed by atoms with van der Waals surface area (Å²) in [5, 5.41) is 3.54. The second-order valence-corrected chi connectivity index (χ2v) is 5.89. The summed E-state index contributed by atoms with van der Waals surface area (Å²) < 4.78 is 7.29. The number of hydrogen-bond acceptors (Lipinski definition) is 3. The summed E-state index contributed by atoms with van der Waals surface area (Å²) in [5.41, 5.74) is 3.31. The Morgan fingerprint density at radius 3 is 3.13 bits per heavy atom. The van der Waals surface area contributed by atoms with Gasteiger partial charge < -0.3 is 14.5 Å². The number of ether oxygens (including phenoxy) is 1. The van der Waals surface area contributed by atoms with Crippen molar-refractivity contribution >= 4 is 23.2 Å². The molecule has 0 atom stereocenters. The van der Waals surface area contributed by atoms with Crippen LogP contribution in [0.15, 0.2) is 42.7 Å². The monoisotopic (exact) mass is 327 g/mol. The molecule has 3 aromatic rings. The molecule has 0 bridgehead atoms. The molecule has 0 saturated carbocycles. The molecule has 0 aliphatic carbocycles. The Bertz CT molecular complexity index is 904. The number of imidazole rings is 1. The lowest BCUT2D eigenvalue weighted by Crippen LogP contribution is -2.23. The van der Waals surface area contributed by atoms with Gasteiger partial charge in [0.15, 0.2) is 0 Å². The Morgan fingerprint density at radius 2 is 2.22 bits per heavy atom. The van der Waals surface area contributed by atoms with Crippen LogP contribution < -0.4 is 10.1 Å². The summed E-state index contributed by atoms with van der Waals surface area (Å²) in [5.74, 6) is 0.758. The summed E-state index contributed by atoms with van der Waals surface area (Å²) in [4.78, 5) is 16.7. The second kappa shape index (κ2) is 5.59. The average molecular weight is 328 g/mol. The van der Waals surface area contributed by atoms with Crippen LogP contribution in [-0.2, 0) is 13.0 Å². The predicted molar refractivity (Wildman–Crippen MR) is 87.0 cm³/mol. The maximum Gasteiger partial charge on any atom is 0.251 e. The zero-order valence-electron chi connectivity index (χ0n) is 12.3. The van der Waals surface area contributed by atoms with Crippen LogP contribution in [0.4, 0.5) is 0 Å². The number of nitrogens with one attached hydrogen (secondary N) is 1. The number of aromatic nitrogens is 2. The minimum absolute atomic E-state index is 0.116. The van der Waals surface area contributed by atoms with Crippen LogP contribution >= 0.6 is 11.6 Å². The third-order valence-corrected chi connectivity index (χ3v) is 4.07. The van der Waals surface area contributed by atoms with Gasteiger partial charge in [-0.05, 0) is 35.9 Å². The van der Waals surface area contributed by atoms with Crippen molar-refractivity contribution in [3.63, 3.8) is 0 Å². The number of carbonyl (C=O) groups is 1. The molecule has 0 saturated heterocycles. The molecule has 2 aromatic heterocycles. The van der Waals surface area contributed by atoms with Crippen LogP contribution in [-0.4, -0.2) is 21.9 Å². The molecule has 3 heterocycles. The third kappa shape index (κ3) is 2.75. The van der Waals surface area contributed by atoms with E-state index in [1.165, 1.54) is 0 Å². The molecule has 0 unspecified atom stereocenters. The third-order valence-electron chi connectivity index (χ3n) is 3.85. The number of pyridine rings is 1. The molecule has 116 valence electrons. The van der Waals surface area contributed by atoms with Crippen molar-refractivity contribution in [2.24, 2.45) is 0 Å². The van der Waals surface area contributed by atoms with Crippen LogP contribution in [0.3, 0.4) is 0 Å². The van der Waals surface area contributed by atoms with Gasteiger partial charge in [0, 0.05) is 24.4 Å². The van der Waals surface area contributed by atoms with E-state index < -0.39 is 0 Å². The minimum Gasteiger partial charge on any atom is -0.493 e. The molecule has 0 spiro atoms. The van der Waals surface area contributed by atoms with Crippen LogP contribution in [0.25, 0.3) is 5.65 Å². The van der Waals surface area contributed by atoms with Gasteiger partial charge in [-0.2, -0.15) is 0 Å². The van der Waals surface area contributed by atoms with Gasteiger partial charge in [-0.1, -0.05) is 11.6 Å². The van der Waals surface area contributed by atoms with Gasteiger partial charge in [-0.3, -0.25) is 4.79 Å². The molecule has 1 aliphatic rings. The molecule has 1 aliphatic heterocycles. The Balaban J connectivity index is 1.48. The highest BCUT2D eigenvalue weighted by Gasteiger charge is 2.15. The summed E-state index contributed by atoms with van der Waals surface area (Å²) >= 11 is 5.95. The average Bonchev–Trinajstić information content (AvgIpc) is 3.17. The Morgan fingerprint density at radius 1 is 1.30 bits per heavy atom. The molecule has 4 rings (SSSR count). The number of halogens is 1. The summed E-state index contributed by atoms with van der Waals surface area (Å²) in [6.07, 6.45) is 4.50. The fourth-order valence-electron chi connectivity index (χ4n) is 2.70. The first-order chi connectivity index (χ1) is 11.2. The van der Waals surface area contributed by atoms with Crippen molar-refractivity contribution in [1.82, 2.24) is 14.7 Å². The largest absolute Gasteiger partial charge is 0.493 e. The smallest absolute Gasteiger partial charge is 0.251 e. The van der Waals surface area contributed by atoms with Crippen molar-refractivity contribution in [1.29, 1.82) is 0 Å². The first-order valence-corrected chi connectivity index (χ1v) is 7.74. The molecule has 0 fully saturated rings. The second-order valence-electron chi connectivity index (χ2n) is 5.45. The molecule has 0 radical (unpaired) electrons. The number of benzene rings is 1. The first-order valence-electron chi connectivity index (χ1n) is 7.36. The van der Waals surface area contributed by atoms with Crippen molar-refractivity contribution in [3.05, 3.63) is 64.6 Å². The lowest BCUT2D eigenvalue weighted by atomic mass is 10.1. The van der Waals surface area contributed by atoms with Gasteiger partial charge in [0.05, 0.1) is 23.9 Å². The van der Waals surface area contributed by atoms with Crippen molar-refractivity contribution < 1.29 is 9.53 Å². The van der Waals surface area contributed by atoms with Gasteiger partial charge >= 0.3 is 0 Å². The number of hydrogen-bond donors (Lipinski definition) is 1. The van der Waals surface area contributed by atoms with Gasteiger partial charge in [0.2, 0.25) is 0 Å². The van der Waals surface area contributed by atoms with E-state index in [1.54, 1.807) is 18.3 Å². The molecule has 1 N–H and O–H groups in total. The maximum absolute atomic E-state index is 12.3. The fraction of sp³-hybridized carbons (Fsp3) is 0.176. The predicted octanol–water partition coefficient (Wildman–Crippen LogP) is 2.85. The maximum atomic E-state index is 12.3. The summed E-state index contributed by atoms with van der Waals surface area (Å²) in [6, 6.07) is 9.15. The van der Waals surface area contributed by atoms with E-state index in [0.29, 0.717) is 23.7 Å². The zero-order valence-corrected chi connectivity index (χ0v) is 13.0. The fourth-order valence-corrected chi connectivity index (χ4v) is 2.87. The molecule has 23 heavy (non-hydrogen) atoms. The van der Waals surface area contributed by atoms with E-state index in [2.05, 4.69) is 10.3 Å². The standard InChI is InChI=1S/C17H14ClN3O2/c18-13-2-4-16-20-14(10-21(16)9-13)8-19-17(22)12-1-3-15-11(7-12)5-6-23-15/h1-4,7,9-10H,5-6,8H2,(H,19,22). The molecular formula is C17H14ClN3O2. The van der Waals surface area contributed by atoms with Gasteiger partial charge in [-0.15, -0.1) is 0 Å².